The predicted molar refractivity (Wildman–Crippen MR) is 92.3 cm³/mol. The molecule has 2 saturated carbocycles. The largest absolute Gasteiger partial charge is 0.459 e. The molecule has 2 N–H and O–H groups in total. The number of aliphatic hydroxyl groups is 1. The Bertz CT molecular complexity index is 838. The van der Waals surface area contributed by atoms with E-state index in [4.69, 9.17) is 9.29 Å². The van der Waals surface area contributed by atoms with Crippen LogP contribution in [-0.4, -0.2) is 66.6 Å². The second-order valence-electron chi connectivity index (χ2n) is 8.06. The Kier molecular flexibility index (Phi) is 7.78. The van der Waals surface area contributed by atoms with Crippen LogP contribution in [0.25, 0.3) is 0 Å². The lowest BCUT2D eigenvalue weighted by Crippen LogP contribution is -2.58. The van der Waals surface area contributed by atoms with E-state index >= 15 is 0 Å². The Morgan fingerprint density at radius 1 is 1.00 bits per heavy atom. The molecule has 0 radical (unpaired) electrons. The molecule has 2 bridgehead atoms. The lowest BCUT2D eigenvalue weighted by molar-refractivity contribution is -0.373. The van der Waals surface area contributed by atoms with E-state index in [-0.39, 0.29) is 25.2 Å². The van der Waals surface area contributed by atoms with E-state index in [1.54, 1.807) is 0 Å². The Balaban J connectivity index is 1.92. The SMILES string of the molecule is O=C(C=CCOCC(F)(F)S(=O)(=O)O)OC1CC2CC(CC(O)(C(F)(F)F)C(F)(F)F)C1C2. The molecule has 0 aromatic heterocycles. The first kappa shape index (κ1) is 27.7. The highest BCUT2D eigenvalue weighted by molar-refractivity contribution is 7.86. The van der Waals surface area contributed by atoms with Gasteiger partial charge in [0.2, 0.25) is 0 Å². The van der Waals surface area contributed by atoms with Gasteiger partial charge in [-0.25, -0.2) is 4.79 Å². The van der Waals surface area contributed by atoms with Gasteiger partial charge in [0.05, 0.1) is 6.61 Å². The minimum atomic E-state index is -5.95. The highest BCUT2D eigenvalue weighted by Gasteiger charge is 2.71. The predicted octanol–water partition coefficient (Wildman–Crippen LogP) is 3.24. The molecular formula is C17H20F8O7S. The maximum atomic E-state index is 13.0. The molecule has 33 heavy (non-hydrogen) atoms. The van der Waals surface area contributed by atoms with E-state index in [0.29, 0.717) is 6.08 Å². The second kappa shape index (κ2) is 9.26. The fourth-order valence-electron chi connectivity index (χ4n) is 4.22. The third-order valence-electron chi connectivity index (χ3n) is 5.77. The highest BCUT2D eigenvalue weighted by Crippen LogP contribution is 2.56. The van der Waals surface area contributed by atoms with Crippen molar-refractivity contribution in [3.63, 3.8) is 0 Å². The van der Waals surface area contributed by atoms with Crippen molar-refractivity contribution in [2.75, 3.05) is 13.2 Å². The number of rotatable bonds is 9. The number of halogens is 8. The Labute approximate surface area is 182 Å². The molecule has 0 spiro atoms. The van der Waals surface area contributed by atoms with Gasteiger partial charge in [-0.3, -0.25) is 4.55 Å². The van der Waals surface area contributed by atoms with Gasteiger partial charge in [-0.1, -0.05) is 6.08 Å². The van der Waals surface area contributed by atoms with Crippen molar-refractivity contribution in [2.45, 2.75) is 55.0 Å². The molecular weight excluding hydrogens is 500 g/mol. The minimum absolute atomic E-state index is 0.00115. The number of esters is 1. The van der Waals surface area contributed by atoms with Crippen molar-refractivity contribution >= 4 is 16.1 Å². The lowest BCUT2D eigenvalue weighted by Gasteiger charge is -2.37. The summed E-state index contributed by atoms with van der Waals surface area (Å²) in [5.41, 5.74) is -4.90. The first-order valence-corrected chi connectivity index (χ1v) is 10.9. The molecule has 0 aromatic rings. The zero-order valence-corrected chi connectivity index (χ0v) is 17.4. The molecule has 0 amide bonds. The molecule has 192 valence electrons. The van der Waals surface area contributed by atoms with Gasteiger partial charge in [-0.2, -0.15) is 43.5 Å². The van der Waals surface area contributed by atoms with Gasteiger partial charge >= 0.3 is 33.7 Å². The van der Waals surface area contributed by atoms with Crippen molar-refractivity contribution in [3.8, 4) is 0 Å². The van der Waals surface area contributed by atoms with Gasteiger partial charge in [-0.05, 0) is 43.4 Å². The number of fused-ring (bicyclic) bond motifs is 2. The molecule has 4 atom stereocenters. The average molecular weight is 520 g/mol. The van der Waals surface area contributed by atoms with Crippen molar-refractivity contribution in [3.05, 3.63) is 12.2 Å². The molecule has 2 aliphatic rings. The van der Waals surface area contributed by atoms with Crippen LogP contribution in [-0.2, 0) is 24.4 Å². The van der Waals surface area contributed by atoms with Gasteiger partial charge in [0.15, 0.2) is 0 Å². The third-order valence-corrected chi connectivity index (χ3v) is 6.64. The zero-order valence-electron chi connectivity index (χ0n) is 16.6. The summed E-state index contributed by atoms with van der Waals surface area (Å²) in [6.07, 6.45) is -12.5. The number of hydrogen-bond donors (Lipinski definition) is 2. The van der Waals surface area contributed by atoms with E-state index in [1.807, 2.05) is 0 Å². The second-order valence-corrected chi connectivity index (χ2v) is 9.61. The van der Waals surface area contributed by atoms with E-state index in [0.717, 1.165) is 6.08 Å². The fourth-order valence-corrected chi connectivity index (χ4v) is 4.45. The van der Waals surface area contributed by atoms with Crippen LogP contribution in [0.1, 0.15) is 25.7 Å². The van der Waals surface area contributed by atoms with Crippen LogP contribution in [0.3, 0.4) is 0 Å². The number of alkyl halides is 8. The van der Waals surface area contributed by atoms with Crippen LogP contribution in [0.5, 0.6) is 0 Å². The summed E-state index contributed by atoms with van der Waals surface area (Å²) in [5, 5.41) is 4.85. The Morgan fingerprint density at radius 2 is 1.58 bits per heavy atom. The summed E-state index contributed by atoms with van der Waals surface area (Å²) in [4.78, 5) is 11.8. The molecule has 16 heteroatoms. The summed E-state index contributed by atoms with van der Waals surface area (Å²) in [6, 6.07) is 0. The van der Waals surface area contributed by atoms with Gasteiger partial charge in [0.1, 0.15) is 12.7 Å². The van der Waals surface area contributed by atoms with Gasteiger partial charge < -0.3 is 14.6 Å². The monoisotopic (exact) mass is 520 g/mol. The fraction of sp³-hybridized carbons (Fsp3) is 0.824. The lowest BCUT2D eigenvalue weighted by atomic mass is 9.78. The van der Waals surface area contributed by atoms with Crippen LogP contribution in [0, 0.1) is 17.8 Å². The molecule has 0 heterocycles. The van der Waals surface area contributed by atoms with Crippen molar-refractivity contribution in [2.24, 2.45) is 17.8 Å². The van der Waals surface area contributed by atoms with Crippen molar-refractivity contribution in [1.29, 1.82) is 0 Å². The summed E-state index contributed by atoms with van der Waals surface area (Å²) in [6.45, 7) is -2.40. The van der Waals surface area contributed by atoms with Crippen LogP contribution >= 0.6 is 0 Å². The smallest absolute Gasteiger partial charge is 0.426 e. The third kappa shape index (κ3) is 6.14. The molecule has 2 rings (SSSR count). The summed E-state index contributed by atoms with van der Waals surface area (Å²) in [7, 11) is -5.70. The summed E-state index contributed by atoms with van der Waals surface area (Å²) in [5.74, 6) is -3.41. The maximum absolute atomic E-state index is 13.0. The van der Waals surface area contributed by atoms with E-state index in [9.17, 15) is 53.4 Å². The Hall–Kier alpha value is -1.52. The molecule has 7 nitrogen and oxygen atoms in total. The maximum Gasteiger partial charge on any atom is 0.426 e. The topological polar surface area (TPSA) is 110 Å². The quantitative estimate of drug-likeness (QED) is 0.158. The van der Waals surface area contributed by atoms with E-state index < -0.39 is 76.9 Å². The van der Waals surface area contributed by atoms with Crippen molar-refractivity contribution < 1.29 is 67.5 Å². The van der Waals surface area contributed by atoms with E-state index in [2.05, 4.69) is 4.74 Å². The van der Waals surface area contributed by atoms with Gasteiger partial charge in [-0.15, -0.1) is 0 Å². The normalized spacial score (nSPS) is 26.8. The number of ether oxygens (including phenoxy) is 2. The molecule has 0 aromatic carbocycles. The molecule has 2 aliphatic carbocycles. The average Bonchev–Trinajstić information content (AvgIpc) is 3.18. The highest BCUT2D eigenvalue weighted by atomic mass is 32.2. The van der Waals surface area contributed by atoms with Crippen LogP contribution < -0.4 is 0 Å². The first-order valence-electron chi connectivity index (χ1n) is 9.44. The van der Waals surface area contributed by atoms with Crippen molar-refractivity contribution in [1.82, 2.24) is 0 Å². The molecule has 0 aliphatic heterocycles. The minimum Gasteiger partial charge on any atom is -0.459 e. The van der Waals surface area contributed by atoms with Crippen LogP contribution in [0.15, 0.2) is 12.2 Å². The Morgan fingerprint density at radius 3 is 2.06 bits per heavy atom. The first-order chi connectivity index (χ1) is 14.8. The standard InChI is InChI=1S/C17H20F8O7S/c18-15(19,33(28,29)30)8-31-3-1-2-13(26)32-12-6-9-4-10(11(12)5-9)7-14(27,16(20,21)22)17(23,24)25/h1-2,9-12,27H,3-8H2,(H,28,29,30). The molecule has 4 unspecified atom stereocenters. The zero-order chi connectivity index (χ0) is 25.5. The summed E-state index contributed by atoms with van der Waals surface area (Å²) >= 11 is 0. The number of carbonyl (C=O) groups excluding carboxylic acids is 1. The van der Waals surface area contributed by atoms with Gasteiger partial charge in [0, 0.05) is 6.08 Å². The van der Waals surface area contributed by atoms with Crippen LogP contribution in [0.2, 0.25) is 0 Å². The summed E-state index contributed by atoms with van der Waals surface area (Å²) < 4.78 is 142. The van der Waals surface area contributed by atoms with E-state index in [1.165, 1.54) is 0 Å². The molecule has 2 fully saturated rings. The van der Waals surface area contributed by atoms with Gasteiger partial charge in [0.25, 0.3) is 5.60 Å². The van der Waals surface area contributed by atoms with Crippen LogP contribution in [0.4, 0.5) is 35.1 Å². The molecule has 0 saturated heterocycles. The number of carbonyl (C=O) groups is 1. The number of hydrogen-bond acceptors (Lipinski definition) is 6.